The van der Waals surface area contributed by atoms with Crippen molar-refractivity contribution in [2.45, 2.75) is 18.9 Å². The Hall–Kier alpha value is -1.68. The van der Waals surface area contributed by atoms with Crippen LogP contribution in [0.2, 0.25) is 0 Å². The van der Waals surface area contributed by atoms with Crippen LogP contribution in [-0.4, -0.2) is 14.2 Å². The summed E-state index contributed by atoms with van der Waals surface area (Å²) in [7, 11) is 3.26. The maximum Gasteiger partial charge on any atom is 0.161 e. The molecule has 0 aliphatic heterocycles. The molecule has 0 saturated carbocycles. The number of rotatable bonds is 6. The molecule has 0 fully saturated rings. The molecule has 3 nitrogen and oxygen atoms in total. The van der Waals surface area contributed by atoms with Gasteiger partial charge in [0.05, 0.1) is 14.2 Å². The van der Waals surface area contributed by atoms with Crippen molar-refractivity contribution in [2.75, 3.05) is 14.2 Å². The summed E-state index contributed by atoms with van der Waals surface area (Å²) in [5.41, 5.74) is 3.41. The summed E-state index contributed by atoms with van der Waals surface area (Å²) in [6, 6.07) is 12.0. The fourth-order valence-electron chi connectivity index (χ4n) is 2.08. The predicted molar refractivity (Wildman–Crippen MR) is 87.7 cm³/mol. The second-order valence-corrected chi connectivity index (χ2v) is 5.28. The van der Waals surface area contributed by atoms with Gasteiger partial charge in [0, 0.05) is 10.9 Å². The average Bonchev–Trinajstić information content (AvgIpc) is 2.53. The third kappa shape index (κ3) is 3.91. The number of methoxy groups -OCH3 is 2. The summed E-state index contributed by atoms with van der Waals surface area (Å²) >= 11 is 3.49. The Morgan fingerprint density at radius 2 is 1.62 bits per heavy atom. The van der Waals surface area contributed by atoms with Gasteiger partial charge < -0.3 is 14.2 Å². The molecule has 0 saturated heterocycles. The van der Waals surface area contributed by atoms with Crippen molar-refractivity contribution in [3.63, 3.8) is 0 Å². The molecule has 21 heavy (non-hydrogen) atoms. The van der Waals surface area contributed by atoms with Gasteiger partial charge in [-0.15, -0.1) is 0 Å². The minimum Gasteiger partial charge on any atom is -0.493 e. The lowest BCUT2D eigenvalue weighted by Gasteiger charge is -2.13. The van der Waals surface area contributed by atoms with Crippen molar-refractivity contribution in [2.24, 2.45) is 0 Å². The number of halogens is 1. The molecule has 0 radical (unpaired) electrons. The maximum atomic E-state index is 5.92. The van der Waals surface area contributed by atoms with Crippen molar-refractivity contribution in [3.05, 3.63) is 53.1 Å². The monoisotopic (exact) mass is 350 g/mol. The van der Waals surface area contributed by atoms with Crippen LogP contribution in [0.3, 0.4) is 0 Å². The van der Waals surface area contributed by atoms with Gasteiger partial charge in [0.25, 0.3) is 0 Å². The summed E-state index contributed by atoms with van der Waals surface area (Å²) < 4.78 is 16.4. The van der Waals surface area contributed by atoms with Gasteiger partial charge in [0.15, 0.2) is 11.5 Å². The van der Waals surface area contributed by atoms with E-state index in [2.05, 4.69) is 35.0 Å². The Balaban J connectivity index is 2.13. The van der Waals surface area contributed by atoms with Crippen LogP contribution in [0.5, 0.6) is 17.2 Å². The summed E-state index contributed by atoms with van der Waals surface area (Å²) in [5, 5.41) is 0.774. The molecule has 0 N–H and O–H groups in total. The number of ether oxygens (including phenoxy) is 3. The molecular weight excluding hydrogens is 332 g/mol. The van der Waals surface area contributed by atoms with Crippen LogP contribution < -0.4 is 14.2 Å². The van der Waals surface area contributed by atoms with Gasteiger partial charge in [0.1, 0.15) is 12.4 Å². The van der Waals surface area contributed by atoms with E-state index in [1.165, 1.54) is 5.56 Å². The van der Waals surface area contributed by atoms with Crippen molar-refractivity contribution < 1.29 is 14.2 Å². The zero-order valence-electron chi connectivity index (χ0n) is 12.5. The van der Waals surface area contributed by atoms with Crippen LogP contribution in [0.4, 0.5) is 0 Å². The first kappa shape index (κ1) is 15.7. The minimum absolute atomic E-state index is 0.489. The highest BCUT2D eigenvalue weighted by molar-refractivity contribution is 9.08. The molecule has 2 aromatic carbocycles. The smallest absolute Gasteiger partial charge is 0.161 e. The van der Waals surface area contributed by atoms with Crippen LogP contribution in [0.1, 0.15) is 16.7 Å². The van der Waals surface area contributed by atoms with Crippen LogP contribution >= 0.6 is 15.9 Å². The van der Waals surface area contributed by atoms with Crippen LogP contribution in [0.15, 0.2) is 36.4 Å². The standard InChI is InChI=1S/C17H19BrO3/c1-12-4-6-15(14(8-12)10-18)21-11-13-5-7-16(19-2)17(9-13)20-3/h4-9H,10-11H2,1-3H3. The molecule has 0 amide bonds. The van der Waals surface area contributed by atoms with Gasteiger partial charge in [-0.05, 0) is 30.7 Å². The molecule has 0 aliphatic rings. The Morgan fingerprint density at radius 3 is 2.29 bits per heavy atom. The molecule has 112 valence electrons. The Bertz CT molecular complexity index is 611. The number of hydrogen-bond donors (Lipinski definition) is 0. The van der Waals surface area contributed by atoms with E-state index < -0.39 is 0 Å². The second kappa shape index (κ2) is 7.36. The summed E-state index contributed by atoms with van der Waals surface area (Å²) in [4.78, 5) is 0. The molecule has 0 spiro atoms. The van der Waals surface area contributed by atoms with Crippen molar-refractivity contribution in [1.29, 1.82) is 0 Å². The van der Waals surface area contributed by atoms with E-state index in [-0.39, 0.29) is 0 Å². The van der Waals surface area contributed by atoms with E-state index in [9.17, 15) is 0 Å². The summed E-state index contributed by atoms with van der Waals surface area (Å²) in [5.74, 6) is 2.33. The normalized spacial score (nSPS) is 10.3. The fraction of sp³-hybridized carbons (Fsp3) is 0.294. The van der Waals surface area contributed by atoms with Gasteiger partial charge >= 0.3 is 0 Å². The molecule has 0 aromatic heterocycles. The fourth-order valence-corrected chi connectivity index (χ4v) is 2.52. The first-order chi connectivity index (χ1) is 10.2. The van der Waals surface area contributed by atoms with E-state index in [0.29, 0.717) is 12.4 Å². The molecule has 0 bridgehead atoms. The quantitative estimate of drug-likeness (QED) is 0.718. The first-order valence-corrected chi connectivity index (χ1v) is 7.79. The molecule has 0 aliphatic carbocycles. The molecule has 2 aromatic rings. The van der Waals surface area contributed by atoms with Gasteiger partial charge in [0.2, 0.25) is 0 Å². The Morgan fingerprint density at radius 1 is 0.905 bits per heavy atom. The Labute approximate surface area is 134 Å². The van der Waals surface area contributed by atoms with E-state index in [0.717, 1.165) is 28.0 Å². The number of alkyl halides is 1. The lowest BCUT2D eigenvalue weighted by molar-refractivity contribution is 0.301. The number of hydrogen-bond acceptors (Lipinski definition) is 3. The van der Waals surface area contributed by atoms with E-state index in [1.54, 1.807) is 14.2 Å². The summed E-state index contributed by atoms with van der Waals surface area (Å²) in [6.07, 6.45) is 0. The lowest BCUT2D eigenvalue weighted by atomic mass is 10.1. The largest absolute Gasteiger partial charge is 0.493 e. The minimum atomic E-state index is 0.489. The van der Waals surface area contributed by atoms with Crippen LogP contribution in [-0.2, 0) is 11.9 Å². The second-order valence-electron chi connectivity index (χ2n) is 4.72. The SMILES string of the molecule is COc1ccc(COc2ccc(C)cc2CBr)cc1OC. The van der Waals surface area contributed by atoms with E-state index >= 15 is 0 Å². The van der Waals surface area contributed by atoms with Gasteiger partial charge in [-0.2, -0.15) is 0 Å². The molecular formula is C17H19BrO3. The number of benzene rings is 2. The third-order valence-corrected chi connectivity index (χ3v) is 3.81. The van der Waals surface area contributed by atoms with Gasteiger partial charge in [-0.1, -0.05) is 39.7 Å². The topological polar surface area (TPSA) is 27.7 Å². The zero-order valence-corrected chi connectivity index (χ0v) is 14.1. The average molecular weight is 351 g/mol. The van der Waals surface area contributed by atoms with Gasteiger partial charge in [-0.3, -0.25) is 0 Å². The number of aryl methyl sites for hydroxylation is 1. The predicted octanol–water partition coefficient (Wildman–Crippen LogP) is 4.49. The highest BCUT2D eigenvalue weighted by Gasteiger charge is 2.07. The maximum absolute atomic E-state index is 5.92. The van der Waals surface area contributed by atoms with Crippen LogP contribution in [0, 0.1) is 6.92 Å². The van der Waals surface area contributed by atoms with Crippen molar-refractivity contribution >= 4 is 15.9 Å². The van der Waals surface area contributed by atoms with Gasteiger partial charge in [-0.25, -0.2) is 0 Å². The Kier molecular flexibility index (Phi) is 5.51. The zero-order chi connectivity index (χ0) is 15.2. The van der Waals surface area contributed by atoms with Crippen molar-refractivity contribution in [1.82, 2.24) is 0 Å². The van der Waals surface area contributed by atoms with E-state index in [1.807, 2.05) is 24.3 Å². The third-order valence-electron chi connectivity index (χ3n) is 3.20. The van der Waals surface area contributed by atoms with Crippen LogP contribution in [0.25, 0.3) is 0 Å². The van der Waals surface area contributed by atoms with E-state index in [4.69, 9.17) is 14.2 Å². The molecule has 2 rings (SSSR count). The highest BCUT2D eigenvalue weighted by atomic mass is 79.9. The summed E-state index contributed by atoms with van der Waals surface area (Å²) in [6.45, 7) is 2.56. The lowest BCUT2D eigenvalue weighted by Crippen LogP contribution is -1.99. The molecule has 0 heterocycles. The molecule has 0 atom stereocenters. The first-order valence-electron chi connectivity index (χ1n) is 6.67. The molecule has 0 unspecified atom stereocenters. The molecule has 4 heteroatoms. The highest BCUT2D eigenvalue weighted by Crippen LogP contribution is 2.29. The van der Waals surface area contributed by atoms with Crippen molar-refractivity contribution in [3.8, 4) is 17.2 Å².